The van der Waals surface area contributed by atoms with Crippen molar-refractivity contribution in [3.8, 4) is 6.07 Å². The lowest BCUT2D eigenvalue weighted by atomic mass is 10.1. The molecular formula is C10H5ClFNS. The molecule has 0 fully saturated rings. The van der Waals surface area contributed by atoms with Crippen LogP contribution in [0.2, 0.25) is 0 Å². The van der Waals surface area contributed by atoms with Crippen LogP contribution >= 0.6 is 22.9 Å². The second kappa shape index (κ2) is 3.56. The minimum atomic E-state index is -0.326. The molecule has 1 aromatic heterocycles. The van der Waals surface area contributed by atoms with Gasteiger partial charge in [-0.1, -0.05) is 0 Å². The number of benzene rings is 1. The summed E-state index contributed by atoms with van der Waals surface area (Å²) in [5.74, 6) is -0.0305. The molecular weight excluding hydrogens is 221 g/mol. The molecule has 0 spiro atoms. The van der Waals surface area contributed by atoms with Crippen molar-refractivity contribution in [3.63, 3.8) is 0 Å². The van der Waals surface area contributed by atoms with Crippen LogP contribution in [0.1, 0.15) is 10.4 Å². The van der Waals surface area contributed by atoms with E-state index in [0.717, 1.165) is 9.58 Å². The highest BCUT2D eigenvalue weighted by molar-refractivity contribution is 7.19. The van der Waals surface area contributed by atoms with Crippen LogP contribution in [-0.4, -0.2) is 0 Å². The van der Waals surface area contributed by atoms with Crippen molar-refractivity contribution in [3.05, 3.63) is 34.5 Å². The molecule has 4 heteroatoms. The topological polar surface area (TPSA) is 23.8 Å². The quantitative estimate of drug-likeness (QED) is 0.680. The Labute approximate surface area is 89.3 Å². The first-order chi connectivity index (χ1) is 6.76. The highest BCUT2D eigenvalue weighted by atomic mass is 35.5. The van der Waals surface area contributed by atoms with E-state index < -0.39 is 0 Å². The zero-order valence-corrected chi connectivity index (χ0v) is 8.62. The van der Waals surface area contributed by atoms with Gasteiger partial charge in [0.25, 0.3) is 0 Å². The minimum Gasteiger partial charge on any atom is -0.207 e. The highest BCUT2D eigenvalue weighted by Crippen LogP contribution is 2.32. The van der Waals surface area contributed by atoms with Gasteiger partial charge in [-0.3, -0.25) is 0 Å². The zero-order valence-electron chi connectivity index (χ0n) is 7.05. The monoisotopic (exact) mass is 225 g/mol. The second-order valence-electron chi connectivity index (χ2n) is 2.79. The van der Waals surface area contributed by atoms with E-state index in [9.17, 15) is 4.39 Å². The van der Waals surface area contributed by atoms with Crippen LogP contribution in [0.15, 0.2) is 18.2 Å². The molecule has 1 nitrogen and oxygen atoms in total. The van der Waals surface area contributed by atoms with Gasteiger partial charge in [0.1, 0.15) is 11.9 Å². The van der Waals surface area contributed by atoms with E-state index in [0.29, 0.717) is 16.8 Å². The van der Waals surface area contributed by atoms with Gasteiger partial charge in [-0.2, -0.15) is 5.26 Å². The largest absolute Gasteiger partial charge is 0.207 e. The molecule has 0 aliphatic rings. The van der Waals surface area contributed by atoms with E-state index in [1.807, 2.05) is 0 Å². The first-order valence-electron chi connectivity index (χ1n) is 3.93. The number of hydrogen-bond acceptors (Lipinski definition) is 2. The van der Waals surface area contributed by atoms with E-state index in [1.54, 1.807) is 6.07 Å². The van der Waals surface area contributed by atoms with Gasteiger partial charge in [0, 0.05) is 15.0 Å². The minimum absolute atomic E-state index is 0.295. The molecule has 0 aliphatic carbocycles. The van der Waals surface area contributed by atoms with Crippen molar-refractivity contribution in [2.24, 2.45) is 0 Å². The molecule has 2 rings (SSSR count). The van der Waals surface area contributed by atoms with Crippen LogP contribution in [0.3, 0.4) is 0 Å². The third-order valence-electron chi connectivity index (χ3n) is 1.96. The molecule has 14 heavy (non-hydrogen) atoms. The molecule has 0 saturated carbocycles. The van der Waals surface area contributed by atoms with Crippen LogP contribution < -0.4 is 0 Å². The number of alkyl halides is 1. The molecule has 0 unspecified atom stereocenters. The van der Waals surface area contributed by atoms with E-state index in [4.69, 9.17) is 16.9 Å². The molecule has 0 saturated heterocycles. The Morgan fingerprint density at radius 3 is 2.93 bits per heavy atom. The van der Waals surface area contributed by atoms with Gasteiger partial charge in [-0.25, -0.2) is 4.39 Å². The van der Waals surface area contributed by atoms with Crippen molar-refractivity contribution in [1.82, 2.24) is 0 Å². The summed E-state index contributed by atoms with van der Waals surface area (Å²) in [5, 5.41) is 9.56. The van der Waals surface area contributed by atoms with Crippen LogP contribution in [0.5, 0.6) is 0 Å². The fourth-order valence-corrected chi connectivity index (χ4v) is 2.62. The van der Waals surface area contributed by atoms with Crippen LogP contribution in [0.25, 0.3) is 10.1 Å². The zero-order chi connectivity index (χ0) is 10.1. The van der Waals surface area contributed by atoms with Gasteiger partial charge >= 0.3 is 0 Å². The van der Waals surface area contributed by atoms with Crippen LogP contribution in [0, 0.1) is 17.1 Å². The Balaban J connectivity index is 2.83. The Hall–Kier alpha value is -1.11. The lowest BCUT2D eigenvalue weighted by molar-refractivity contribution is 0.630. The molecule has 0 amide bonds. The molecule has 0 atom stereocenters. The Bertz CT molecular complexity index is 527. The predicted molar refractivity (Wildman–Crippen MR) is 56.1 cm³/mol. The summed E-state index contributed by atoms with van der Waals surface area (Å²) in [6.45, 7) is 0. The summed E-state index contributed by atoms with van der Waals surface area (Å²) in [5.41, 5.74) is 0.500. The number of nitriles is 1. The number of thiophene rings is 1. The van der Waals surface area contributed by atoms with Crippen molar-refractivity contribution >= 4 is 33.0 Å². The van der Waals surface area contributed by atoms with E-state index in [1.165, 1.54) is 23.5 Å². The van der Waals surface area contributed by atoms with Gasteiger partial charge in [-0.05, 0) is 18.2 Å². The smallest absolute Gasteiger partial charge is 0.123 e. The van der Waals surface area contributed by atoms with Gasteiger partial charge < -0.3 is 0 Å². The standard InChI is InChI=1S/C10H5ClFNS/c11-4-10-8(5-13)7-3-6(12)1-2-9(7)14-10/h1-3H,4H2. The number of rotatable bonds is 1. The third kappa shape index (κ3) is 1.37. The highest BCUT2D eigenvalue weighted by Gasteiger charge is 2.11. The number of fused-ring (bicyclic) bond motifs is 1. The van der Waals surface area contributed by atoms with Crippen LogP contribution in [-0.2, 0) is 5.88 Å². The second-order valence-corrected chi connectivity index (χ2v) is 4.19. The summed E-state index contributed by atoms with van der Waals surface area (Å²) < 4.78 is 13.8. The van der Waals surface area contributed by atoms with Crippen molar-refractivity contribution in [1.29, 1.82) is 5.26 Å². The van der Waals surface area contributed by atoms with Crippen molar-refractivity contribution in [2.75, 3.05) is 0 Å². The predicted octanol–water partition coefficient (Wildman–Crippen LogP) is 3.65. The average molecular weight is 226 g/mol. The molecule has 0 aliphatic heterocycles. The summed E-state index contributed by atoms with van der Waals surface area (Å²) in [4.78, 5) is 0.801. The third-order valence-corrected chi connectivity index (χ3v) is 3.55. The maximum atomic E-state index is 12.9. The lowest BCUT2D eigenvalue weighted by Crippen LogP contribution is -1.78. The summed E-state index contributed by atoms with van der Waals surface area (Å²) >= 11 is 7.12. The molecule has 1 heterocycles. The van der Waals surface area contributed by atoms with Gasteiger partial charge in [0.2, 0.25) is 0 Å². The van der Waals surface area contributed by atoms with Gasteiger partial charge in [-0.15, -0.1) is 22.9 Å². The Morgan fingerprint density at radius 1 is 1.50 bits per heavy atom. The normalized spacial score (nSPS) is 10.4. The molecule has 1 aromatic carbocycles. The van der Waals surface area contributed by atoms with E-state index in [2.05, 4.69) is 6.07 Å². The van der Waals surface area contributed by atoms with Gasteiger partial charge in [0.15, 0.2) is 0 Å². The first kappa shape index (κ1) is 9.45. The number of hydrogen-bond donors (Lipinski definition) is 0. The molecule has 2 aromatic rings. The van der Waals surface area contributed by atoms with E-state index in [-0.39, 0.29) is 5.82 Å². The summed E-state index contributed by atoms with van der Waals surface area (Å²) in [7, 11) is 0. The summed E-state index contributed by atoms with van der Waals surface area (Å²) in [6.07, 6.45) is 0. The number of nitrogens with zero attached hydrogens (tertiary/aromatic N) is 1. The van der Waals surface area contributed by atoms with E-state index >= 15 is 0 Å². The molecule has 70 valence electrons. The van der Waals surface area contributed by atoms with Crippen molar-refractivity contribution < 1.29 is 4.39 Å². The SMILES string of the molecule is N#Cc1c(CCl)sc2ccc(F)cc12. The maximum absolute atomic E-state index is 12.9. The lowest BCUT2D eigenvalue weighted by Gasteiger charge is -1.90. The van der Waals surface area contributed by atoms with Crippen LogP contribution in [0.4, 0.5) is 4.39 Å². The molecule has 0 bridgehead atoms. The first-order valence-corrected chi connectivity index (χ1v) is 5.28. The Kier molecular flexibility index (Phi) is 2.40. The Morgan fingerprint density at radius 2 is 2.29 bits per heavy atom. The average Bonchev–Trinajstić information content (AvgIpc) is 2.54. The fourth-order valence-electron chi connectivity index (χ4n) is 1.34. The molecule has 0 radical (unpaired) electrons. The number of halogens is 2. The molecule has 0 N–H and O–H groups in total. The van der Waals surface area contributed by atoms with Gasteiger partial charge in [0.05, 0.1) is 11.4 Å². The fraction of sp³-hybridized carbons (Fsp3) is 0.100. The van der Waals surface area contributed by atoms with Crippen molar-refractivity contribution in [2.45, 2.75) is 5.88 Å². The maximum Gasteiger partial charge on any atom is 0.123 e. The summed E-state index contributed by atoms with van der Waals surface area (Å²) in [6, 6.07) is 6.49.